The first-order chi connectivity index (χ1) is 10.5. The Kier molecular flexibility index (Phi) is 5.25. The van der Waals surface area contributed by atoms with E-state index in [1.54, 1.807) is 31.2 Å². The Morgan fingerprint density at radius 3 is 2.55 bits per heavy atom. The summed E-state index contributed by atoms with van der Waals surface area (Å²) in [5, 5.41) is 0.832. The lowest BCUT2D eigenvalue weighted by molar-refractivity contribution is -0.117. The van der Waals surface area contributed by atoms with Crippen molar-refractivity contribution in [2.45, 2.75) is 6.92 Å². The van der Waals surface area contributed by atoms with E-state index in [1.165, 1.54) is 18.4 Å². The van der Waals surface area contributed by atoms with Crippen molar-refractivity contribution in [3.8, 4) is 0 Å². The number of rotatable bonds is 3. The van der Waals surface area contributed by atoms with E-state index in [1.807, 2.05) is 0 Å². The van der Waals surface area contributed by atoms with Crippen LogP contribution in [0.25, 0.3) is 6.08 Å². The minimum atomic E-state index is -0.486. The lowest BCUT2D eigenvalue weighted by Gasteiger charge is -2.04. The summed E-state index contributed by atoms with van der Waals surface area (Å²) in [6.07, 6.45) is 4.21. The molecule has 2 amide bonds. The lowest BCUT2D eigenvalue weighted by Crippen LogP contribution is -2.40. The van der Waals surface area contributed by atoms with Gasteiger partial charge in [0.1, 0.15) is 5.76 Å². The van der Waals surface area contributed by atoms with Crippen LogP contribution >= 0.6 is 23.2 Å². The maximum Gasteiger partial charge on any atom is 0.273 e. The first-order valence-electron chi connectivity index (χ1n) is 6.25. The number of aryl methyl sites for hydroxylation is 1. The third kappa shape index (κ3) is 4.13. The summed E-state index contributed by atoms with van der Waals surface area (Å²) in [5.41, 5.74) is 5.62. The third-order valence-corrected chi connectivity index (χ3v) is 3.51. The van der Waals surface area contributed by atoms with Crippen LogP contribution < -0.4 is 10.9 Å². The van der Waals surface area contributed by atoms with E-state index in [9.17, 15) is 9.59 Å². The second kappa shape index (κ2) is 7.15. The highest BCUT2D eigenvalue weighted by molar-refractivity contribution is 6.42. The van der Waals surface area contributed by atoms with Crippen molar-refractivity contribution in [3.05, 3.63) is 63.5 Å². The van der Waals surface area contributed by atoms with E-state index in [0.29, 0.717) is 26.9 Å². The van der Waals surface area contributed by atoms with Gasteiger partial charge in [-0.25, -0.2) is 0 Å². The molecule has 0 saturated heterocycles. The zero-order chi connectivity index (χ0) is 16.1. The predicted molar refractivity (Wildman–Crippen MR) is 84.5 cm³/mol. The summed E-state index contributed by atoms with van der Waals surface area (Å²) in [6.45, 7) is 1.65. The Hall–Kier alpha value is -2.24. The van der Waals surface area contributed by atoms with Gasteiger partial charge >= 0.3 is 0 Å². The predicted octanol–water partition coefficient (Wildman–Crippen LogP) is 3.37. The fourth-order valence-electron chi connectivity index (χ4n) is 1.64. The highest BCUT2D eigenvalue weighted by atomic mass is 35.5. The molecule has 22 heavy (non-hydrogen) atoms. The molecule has 0 unspecified atom stereocenters. The van der Waals surface area contributed by atoms with Crippen LogP contribution in [0.1, 0.15) is 21.7 Å². The van der Waals surface area contributed by atoms with Crippen molar-refractivity contribution >= 4 is 41.1 Å². The first kappa shape index (κ1) is 16.1. The normalized spacial score (nSPS) is 10.7. The molecular weight excluding hydrogens is 327 g/mol. The van der Waals surface area contributed by atoms with Crippen molar-refractivity contribution in [2.75, 3.05) is 0 Å². The van der Waals surface area contributed by atoms with Gasteiger partial charge in [-0.3, -0.25) is 20.4 Å². The number of halogens is 2. The van der Waals surface area contributed by atoms with Crippen LogP contribution in [0.3, 0.4) is 0 Å². The number of carbonyl (C=O) groups excluding carboxylic acids is 2. The zero-order valence-electron chi connectivity index (χ0n) is 11.5. The highest BCUT2D eigenvalue weighted by Gasteiger charge is 2.11. The van der Waals surface area contributed by atoms with E-state index in [-0.39, 0.29) is 0 Å². The molecular formula is C15H12Cl2N2O3. The molecule has 0 atom stereocenters. The summed E-state index contributed by atoms with van der Waals surface area (Å²) in [7, 11) is 0. The van der Waals surface area contributed by atoms with Crippen LogP contribution in [0.15, 0.2) is 41.0 Å². The van der Waals surface area contributed by atoms with Gasteiger partial charge in [-0.15, -0.1) is 0 Å². The molecule has 5 nitrogen and oxygen atoms in total. The van der Waals surface area contributed by atoms with Crippen molar-refractivity contribution in [2.24, 2.45) is 0 Å². The Morgan fingerprint density at radius 1 is 1.14 bits per heavy atom. The maximum absolute atomic E-state index is 11.7. The molecule has 0 bridgehead atoms. The number of furan rings is 1. The number of hydrogen-bond donors (Lipinski definition) is 2. The van der Waals surface area contributed by atoms with Crippen LogP contribution in [0.2, 0.25) is 10.0 Å². The maximum atomic E-state index is 11.7. The van der Waals surface area contributed by atoms with Crippen LogP contribution in [-0.4, -0.2) is 11.8 Å². The molecule has 114 valence electrons. The molecule has 0 spiro atoms. The van der Waals surface area contributed by atoms with Gasteiger partial charge in [0.15, 0.2) is 0 Å². The number of hydrazine groups is 1. The summed E-state index contributed by atoms with van der Waals surface area (Å²) >= 11 is 11.7. The number of hydrogen-bond acceptors (Lipinski definition) is 3. The van der Waals surface area contributed by atoms with E-state index in [4.69, 9.17) is 27.6 Å². The Labute approximate surface area is 136 Å². The van der Waals surface area contributed by atoms with Gasteiger partial charge in [-0.1, -0.05) is 29.3 Å². The van der Waals surface area contributed by atoms with Crippen molar-refractivity contribution in [3.63, 3.8) is 0 Å². The van der Waals surface area contributed by atoms with Crippen molar-refractivity contribution < 1.29 is 14.0 Å². The topological polar surface area (TPSA) is 71.3 Å². The quantitative estimate of drug-likeness (QED) is 0.665. The smallest absolute Gasteiger partial charge is 0.273 e. The van der Waals surface area contributed by atoms with Crippen LogP contribution in [0.4, 0.5) is 0 Å². The number of amides is 2. The first-order valence-corrected chi connectivity index (χ1v) is 7.00. The Balaban J connectivity index is 1.90. The highest BCUT2D eigenvalue weighted by Crippen LogP contribution is 2.23. The number of carbonyl (C=O) groups is 2. The molecule has 0 aliphatic heterocycles. The summed E-state index contributed by atoms with van der Waals surface area (Å²) in [5.74, 6) is -0.471. The lowest BCUT2D eigenvalue weighted by atomic mass is 10.2. The van der Waals surface area contributed by atoms with Gasteiger partial charge in [-0.05, 0) is 36.8 Å². The van der Waals surface area contributed by atoms with E-state index < -0.39 is 11.8 Å². The number of nitrogens with one attached hydrogen (secondary N) is 2. The van der Waals surface area contributed by atoms with Gasteiger partial charge < -0.3 is 4.42 Å². The summed E-state index contributed by atoms with van der Waals surface area (Å²) in [6, 6.07) is 6.49. The fraction of sp³-hybridized carbons (Fsp3) is 0.0667. The average Bonchev–Trinajstić information content (AvgIpc) is 2.92. The van der Waals surface area contributed by atoms with Crippen LogP contribution in [-0.2, 0) is 4.79 Å². The number of benzene rings is 1. The molecule has 1 aromatic carbocycles. The molecule has 1 aromatic heterocycles. The zero-order valence-corrected chi connectivity index (χ0v) is 13.0. The van der Waals surface area contributed by atoms with Crippen LogP contribution in [0.5, 0.6) is 0 Å². The second-order valence-corrected chi connectivity index (χ2v) is 5.16. The molecule has 0 radical (unpaired) electrons. The largest absolute Gasteiger partial charge is 0.469 e. The molecule has 0 aliphatic carbocycles. The van der Waals surface area contributed by atoms with Crippen molar-refractivity contribution in [1.82, 2.24) is 10.9 Å². The summed E-state index contributed by atoms with van der Waals surface area (Å²) < 4.78 is 5.01. The molecule has 0 saturated carbocycles. The standard InChI is InChI=1S/C15H12Cl2N2O3/c1-9-11(6-7-22-9)15(21)19-18-14(20)5-3-10-2-4-12(16)13(17)8-10/h2-8H,1H3,(H,18,20)(H,19,21)/b5-3+. The Morgan fingerprint density at radius 2 is 1.91 bits per heavy atom. The van der Waals surface area contributed by atoms with Crippen LogP contribution in [0, 0.1) is 6.92 Å². The molecule has 2 aromatic rings. The van der Waals surface area contributed by atoms with E-state index >= 15 is 0 Å². The molecule has 0 aliphatic rings. The third-order valence-electron chi connectivity index (χ3n) is 2.77. The molecule has 2 rings (SSSR count). The van der Waals surface area contributed by atoms with Gasteiger partial charge in [0.2, 0.25) is 0 Å². The second-order valence-electron chi connectivity index (χ2n) is 4.34. The molecule has 7 heteroatoms. The monoisotopic (exact) mass is 338 g/mol. The van der Waals surface area contributed by atoms with Gasteiger partial charge in [0.05, 0.1) is 21.9 Å². The average molecular weight is 339 g/mol. The molecule has 2 N–H and O–H groups in total. The SMILES string of the molecule is Cc1occc1C(=O)NNC(=O)/C=C/c1ccc(Cl)c(Cl)c1. The summed E-state index contributed by atoms with van der Waals surface area (Å²) in [4.78, 5) is 23.4. The molecule has 0 fully saturated rings. The van der Waals surface area contributed by atoms with E-state index in [0.717, 1.165) is 0 Å². The van der Waals surface area contributed by atoms with Gasteiger partial charge in [-0.2, -0.15) is 0 Å². The minimum absolute atomic E-state index is 0.355. The Bertz CT molecular complexity index is 738. The minimum Gasteiger partial charge on any atom is -0.469 e. The molecule has 1 heterocycles. The fourth-order valence-corrected chi connectivity index (χ4v) is 1.94. The van der Waals surface area contributed by atoms with Gasteiger partial charge in [0, 0.05) is 6.08 Å². The van der Waals surface area contributed by atoms with Gasteiger partial charge in [0.25, 0.3) is 11.8 Å². The van der Waals surface area contributed by atoms with E-state index in [2.05, 4.69) is 10.9 Å². The van der Waals surface area contributed by atoms with Crippen molar-refractivity contribution in [1.29, 1.82) is 0 Å².